The van der Waals surface area contributed by atoms with E-state index in [1.54, 1.807) is 0 Å². The number of hydrogen-bond donors (Lipinski definition) is 4. The topological polar surface area (TPSA) is 228 Å². The Kier molecular flexibility index (Phi) is 11.2. The van der Waals surface area contributed by atoms with Crippen LogP contribution in [0.3, 0.4) is 0 Å². The van der Waals surface area contributed by atoms with Crippen molar-refractivity contribution in [3.05, 3.63) is 11.1 Å². The lowest BCUT2D eigenvalue weighted by molar-refractivity contribution is -0.142. The number of rotatable bonds is 13. The summed E-state index contributed by atoms with van der Waals surface area (Å²) in [4.78, 5) is 63.2. The first kappa shape index (κ1) is 24.5. The summed E-state index contributed by atoms with van der Waals surface area (Å²) in [5, 5.41) is 13.6. The monoisotopic (exact) mass is 395 g/mol. The number of amides is 2. The fourth-order valence-electron chi connectivity index (χ4n) is 1.93. The van der Waals surface area contributed by atoms with Gasteiger partial charge in [-0.05, 0) is 19.8 Å². The zero-order valence-electron chi connectivity index (χ0n) is 15.1. The highest BCUT2D eigenvalue weighted by molar-refractivity contribution is 6.25. The summed E-state index contributed by atoms with van der Waals surface area (Å²) in [6, 6.07) is -3.71. The second kappa shape index (κ2) is 12.8. The van der Waals surface area contributed by atoms with Crippen LogP contribution >= 0.6 is 0 Å². The number of aliphatic carboxylic acids is 1. The zero-order valence-corrected chi connectivity index (χ0v) is 15.1. The molecule has 0 unspecified atom stereocenters. The van der Waals surface area contributed by atoms with Crippen LogP contribution < -0.4 is 16.4 Å². The van der Waals surface area contributed by atoms with Crippen molar-refractivity contribution in [1.29, 1.82) is 0 Å². The van der Waals surface area contributed by atoms with E-state index < -0.39 is 47.5 Å². The molecule has 0 radical (unpaired) electrons. The van der Waals surface area contributed by atoms with Gasteiger partial charge in [0.2, 0.25) is 23.4 Å². The minimum atomic E-state index is -1.46. The molecule has 0 rings (SSSR count). The Balaban J connectivity index is 5.17. The van der Waals surface area contributed by atoms with Crippen molar-refractivity contribution in [2.24, 2.45) is 5.73 Å². The molecule has 152 valence electrons. The molecule has 2 amide bonds. The number of hydrogen-bond acceptors (Lipinski definition) is 6. The van der Waals surface area contributed by atoms with Crippen LogP contribution in [0.25, 0.3) is 11.1 Å². The summed E-state index contributed by atoms with van der Waals surface area (Å²) in [5.74, 6) is -4.32. The van der Waals surface area contributed by atoms with Crippen LogP contribution in [0.2, 0.25) is 0 Å². The Bertz CT molecular complexity index is 722. The molecule has 0 aliphatic carbocycles. The van der Waals surface area contributed by atoms with Crippen LogP contribution in [0.5, 0.6) is 0 Å². The lowest BCUT2D eigenvalue weighted by Gasteiger charge is -2.21. The van der Waals surface area contributed by atoms with Gasteiger partial charge in [-0.25, -0.2) is 4.79 Å². The molecule has 0 spiro atoms. The van der Waals surface area contributed by atoms with Gasteiger partial charge in [0.15, 0.2) is 0 Å². The van der Waals surface area contributed by atoms with E-state index in [4.69, 9.17) is 16.8 Å². The number of carbonyl (C=O) groups is 5. The normalized spacial score (nSPS) is 12.9. The first-order valence-electron chi connectivity index (χ1n) is 8.12. The first-order valence-corrected chi connectivity index (χ1v) is 8.12. The molecule has 0 saturated carbocycles. The molecular weight excluding hydrogens is 374 g/mol. The summed E-state index contributed by atoms with van der Waals surface area (Å²) in [6.45, 7) is 1.36. The molecule has 0 aliphatic heterocycles. The van der Waals surface area contributed by atoms with Crippen LogP contribution in [0.15, 0.2) is 0 Å². The van der Waals surface area contributed by atoms with Crippen molar-refractivity contribution in [1.82, 2.24) is 10.6 Å². The lowest BCUT2D eigenvalue weighted by Crippen LogP contribution is -2.54. The van der Waals surface area contributed by atoms with Crippen LogP contribution in [0.1, 0.15) is 32.6 Å². The van der Waals surface area contributed by atoms with E-state index in [0.29, 0.717) is 12.4 Å². The van der Waals surface area contributed by atoms with E-state index in [0.717, 1.165) is 0 Å². The summed E-state index contributed by atoms with van der Waals surface area (Å²) in [6.07, 6.45) is 0.124. The Morgan fingerprint density at radius 1 is 0.929 bits per heavy atom. The van der Waals surface area contributed by atoms with Crippen LogP contribution in [-0.4, -0.2) is 74.6 Å². The van der Waals surface area contributed by atoms with Gasteiger partial charge in [0.1, 0.15) is 12.1 Å². The smallest absolute Gasteiger partial charge is 0.326 e. The molecule has 0 bridgehead atoms. The van der Waals surface area contributed by atoms with Crippen molar-refractivity contribution in [3.63, 3.8) is 0 Å². The summed E-state index contributed by atoms with van der Waals surface area (Å²) < 4.78 is 0. The lowest BCUT2D eigenvalue weighted by atomic mass is 10.1. The molecule has 0 aromatic heterocycles. The minimum absolute atomic E-state index is 0.211. The van der Waals surface area contributed by atoms with Gasteiger partial charge in [0.05, 0.1) is 6.04 Å². The first-order chi connectivity index (χ1) is 13.1. The molecule has 13 heteroatoms. The van der Waals surface area contributed by atoms with Crippen LogP contribution in [-0.2, 0) is 24.0 Å². The second-order valence-corrected chi connectivity index (χ2v) is 5.75. The SMILES string of the molecule is C[C@H](N)C(=O)N[C@@H](CCC(=O)C=[N+]=[N-])C(=O)N[C@H](CCC(=O)C=[N+]=[N-])C(=O)O. The van der Waals surface area contributed by atoms with Crippen molar-refractivity contribution >= 4 is 41.8 Å². The maximum atomic E-state index is 12.4. The van der Waals surface area contributed by atoms with Crippen molar-refractivity contribution in [2.75, 3.05) is 0 Å². The fraction of sp³-hybridized carbons (Fsp3) is 0.533. The van der Waals surface area contributed by atoms with E-state index in [1.165, 1.54) is 6.92 Å². The van der Waals surface area contributed by atoms with Crippen LogP contribution in [0.4, 0.5) is 0 Å². The number of carbonyl (C=O) groups excluding carboxylic acids is 4. The molecule has 0 aliphatic rings. The van der Waals surface area contributed by atoms with Crippen molar-refractivity contribution < 1.29 is 38.7 Å². The van der Waals surface area contributed by atoms with Gasteiger partial charge < -0.3 is 32.5 Å². The number of nitrogens with zero attached hydrogens (tertiary/aromatic N) is 4. The fourth-order valence-corrected chi connectivity index (χ4v) is 1.93. The maximum absolute atomic E-state index is 12.4. The molecule has 0 heterocycles. The second-order valence-electron chi connectivity index (χ2n) is 5.75. The Labute approximate surface area is 159 Å². The summed E-state index contributed by atoms with van der Waals surface area (Å²) in [5.41, 5.74) is 22.0. The molecule has 28 heavy (non-hydrogen) atoms. The number of nitrogens with two attached hydrogens (primary N) is 1. The third-order valence-corrected chi connectivity index (χ3v) is 3.42. The molecule has 0 aromatic rings. The predicted octanol–water partition coefficient (Wildman–Crippen LogP) is -2.31. The van der Waals surface area contributed by atoms with Crippen molar-refractivity contribution in [2.45, 2.75) is 50.7 Å². The minimum Gasteiger partial charge on any atom is -0.480 e. The van der Waals surface area contributed by atoms with Crippen LogP contribution in [0, 0.1) is 0 Å². The summed E-state index contributed by atoms with van der Waals surface area (Å²) >= 11 is 0. The number of carboxylic acid groups (broad SMARTS) is 1. The predicted molar refractivity (Wildman–Crippen MR) is 93.0 cm³/mol. The van der Waals surface area contributed by atoms with Gasteiger partial charge in [0.25, 0.3) is 0 Å². The Hall–Kier alpha value is -3.53. The Morgan fingerprint density at radius 3 is 1.75 bits per heavy atom. The summed E-state index contributed by atoms with van der Waals surface area (Å²) in [7, 11) is 0. The highest BCUT2D eigenvalue weighted by Gasteiger charge is 2.28. The average Bonchev–Trinajstić information content (AvgIpc) is 2.61. The van der Waals surface area contributed by atoms with E-state index in [2.05, 4.69) is 20.2 Å². The molecular formula is C15H21N7O6. The highest BCUT2D eigenvalue weighted by atomic mass is 16.4. The highest BCUT2D eigenvalue weighted by Crippen LogP contribution is 2.03. The van der Waals surface area contributed by atoms with Gasteiger partial charge in [-0.3, -0.25) is 19.2 Å². The van der Waals surface area contributed by atoms with Gasteiger partial charge in [-0.15, -0.1) is 0 Å². The third kappa shape index (κ3) is 9.82. The molecule has 0 aromatic carbocycles. The van der Waals surface area contributed by atoms with E-state index in [9.17, 15) is 29.1 Å². The largest absolute Gasteiger partial charge is 0.480 e. The molecule has 13 nitrogen and oxygen atoms in total. The number of carboxylic acids is 1. The Morgan fingerprint density at radius 2 is 1.36 bits per heavy atom. The van der Waals surface area contributed by atoms with E-state index >= 15 is 0 Å². The van der Waals surface area contributed by atoms with E-state index in [-0.39, 0.29) is 25.7 Å². The molecule has 0 saturated heterocycles. The third-order valence-electron chi connectivity index (χ3n) is 3.42. The van der Waals surface area contributed by atoms with Gasteiger partial charge in [0, 0.05) is 12.8 Å². The number of nitrogens with one attached hydrogen (secondary N) is 2. The molecule has 5 N–H and O–H groups in total. The maximum Gasteiger partial charge on any atom is 0.326 e. The molecule has 0 fully saturated rings. The average molecular weight is 395 g/mol. The standard InChI is InChI=1S/C15H21N7O6/c1-8(16)13(25)21-11(4-2-9(23)6-19-17)14(26)22-12(15(27)28)5-3-10(24)7-20-18/h6-8,11-12H,2-5,16H2,1H3,(H,21,25)(H,22,26)(H,27,28)/t8-,11-,12+/m0/s1. The van der Waals surface area contributed by atoms with E-state index in [1.807, 2.05) is 0 Å². The van der Waals surface area contributed by atoms with Gasteiger partial charge in [-0.1, -0.05) is 0 Å². The molecule has 3 atom stereocenters. The van der Waals surface area contributed by atoms with Gasteiger partial charge in [-0.2, -0.15) is 9.58 Å². The number of Topliss-reactive ketones (excluding diaryl/α,β-unsaturated/α-hetero) is 2. The zero-order chi connectivity index (χ0) is 21.7. The van der Waals surface area contributed by atoms with Crippen molar-refractivity contribution in [3.8, 4) is 0 Å². The number of ketones is 2. The quantitative estimate of drug-likeness (QED) is 0.151. The van der Waals surface area contributed by atoms with Gasteiger partial charge >= 0.3 is 18.4 Å².